The molecule has 4 heteroatoms. The third-order valence-corrected chi connectivity index (χ3v) is 4.64. The number of hydrogen-bond donors (Lipinski definition) is 1. The van der Waals surface area contributed by atoms with E-state index >= 15 is 0 Å². The molecule has 0 aliphatic carbocycles. The molecule has 0 heterocycles. The molecular weight excluding hydrogens is 264 g/mol. The molecule has 0 aromatic heterocycles. The zero-order valence-electron chi connectivity index (χ0n) is 11.9. The van der Waals surface area contributed by atoms with Gasteiger partial charge in [-0.2, -0.15) is 11.8 Å². The van der Waals surface area contributed by atoms with E-state index in [2.05, 4.69) is 19.2 Å². The van der Waals surface area contributed by atoms with Crippen LogP contribution >= 0.6 is 11.8 Å². The van der Waals surface area contributed by atoms with E-state index in [1.165, 1.54) is 0 Å². The highest BCUT2D eigenvalue weighted by Crippen LogP contribution is 2.18. The van der Waals surface area contributed by atoms with Crippen LogP contribution in [0, 0.1) is 11.6 Å². The molecule has 1 N–H and O–H groups in total. The summed E-state index contributed by atoms with van der Waals surface area (Å²) in [5.41, 5.74) is 0.454. The monoisotopic (exact) mass is 287 g/mol. The molecule has 0 spiro atoms. The number of benzene rings is 1. The second kappa shape index (κ2) is 8.54. The minimum Gasteiger partial charge on any atom is -0.313 e. The minimum absolute atomic E-state index is 0.181. The maximum atomic E-state index is 13.7. The quantitative estimate of drug-likeness (QED) is 0.775. The van der Waals surface area contributed by atoms with Gasteiger partial charge in [0.15, 0.2) is 11.6 Å². The Morgan fingerprint density at radius 2 is 2.00 bits per heavy atom. The van der Waals surface area contributed by atoms with Gasteiger partial charge in [0.2, 0.25) is 0 Å². The Bertz CT molecular complexity index is 384. The fourth-order valence-corrected chi connectivity index (χ4v) is 2.88. The highest BCUT2D eigenvalue weighted by Gasteiger charge is 2.15. The third kappa shape index (κ3) is 5.49. The summed E-state index contributed by atoms with van der Waals surface area (Å²) in [5, 5.41) is 3.94. The molecule has 1 rings (SSSR count). The molecule has 0 aliphatic rings. The maximum Gasteiger partial charge on any atom is 0.162 e. The van der Waals surface area contributed by atoms with Crippen molar-refractivity contribution in [2.24, 2.45) is 0 Å². The SMILES string of the molecule is CCNC(CSC(C)CC)Cc1cccc(F)c1F. The Morgan fingerprint density at radius 3 is 2.63 bits per heavy atom. The first-order valence-corrected chi connectivity index (χ1v) is 7.91. The summed E-state index contributed by atoms with van der Waals surface area (Å²) >= 11 is 1.88. The normalized spacial score (nSPS) is 14.4. The predicted octanol–water partition coefficient (Wildman–Crippen LogP) is 4.02. The Balaban J connectivity index is 2.64. The zero-order valence-corrected chi connectivity index (χ0v) is 12.7. The van der Waals surface area contributed by atoms with E-state index in [1.54, 1.807) is 12.1 Å². The second-order valence-electron chi connectivity index (χ2n) is 4.72. The van der Waals surface area contributed by atoms with E-state index in [-0.39, 0.29) is 6.04 Å². The van der Waals surface area contributed by atoms with Gasteiger partial charge in [-0.05, 0) is 31.0 Å². The molecule has 1 aromatic rings. The summed E-state index contributed by atoms with van der Waals surface area (Å²) in [4.78, 5) is 0. The minimum atomic E-state index is -0.762. The lowest BCUT2D eigenvalue weighted by atomic mass is 10.1. The summed E-state index contributed by atoms with van der Waals surface area (Å²) in [6, 6.07) is 4.57. The maximum absolute atomic E-state index is 13.7. The van der Waals surface area contributed by atoms with Gasteiger partial charge >= 0.3 is 0 Å². The lowest BCUT2D eigenvalue weighted by Crippen LogP contribution is -2.34. The van der Waals surface area contributed by atoms with Gasteiger partial charge in [-0.1, -0.05) is 32.9 Å². The van der Waals surface area contributed by atoms with E-state index in [0.29, 0.717) is 17.2 Å². The number of hydrogen-bond acceptors (Lipinski definition) is 2. The predicted molar refractivity (Wildman–Crippen MR) is 79.7 cm³/mol. The molecule has 0 aliphatic heterocycles. The van der Waals surface area contributed by atoms with Crippen LogP contribution in [0.25, 0.3) is 0 Å². The van der Waals surface area contributed by atoms with Crippen molar-refractivity contribution in [3.05, 3.63) is 35.4 Å². The number of thioether (sulfide) groups is 1. The van der Waals surface area contributed by atoms with Crippen molar-refractivity contribution < 1.29 is 8.78 Å². The molecule has 0 radical (unpaired) electrons. The molecule has 108 valence electrons. The topological polar surface area (TPSA) is 12.0 Å². The molecule has 2 atom stereocenters. The Labute approximate surface area is 119 Å². The highest BCUT2D eigenvalue weighted by atomic mass is 32.2. The van der Waals surface area contributed by atoms with Crippen molar-refractivity contribution >= 4 is 11.8 Å². The van der Waals surface area contributed by atoms with E-state index in [1.807, 2.05) is 18.7 Å². The first kappa shape index (κ1) is 16.4. The van der Waals surface area contributed by atoms with E-state index < -0.39 is 11.6 Å². The number of nitrogens with one attached hydrogen (secondary N) is 1. The molecule has 0 bridgehead atoms. The lowest BCUT2D eigenvalue weighted by molar-refractivity contribution is 0.486. The molecule has 19 heavy (non-hydrogen) atoms. The second-order valence-corrected chi connectivity index (χ2v) is 6.20. The average molecular weight is 287 g/mol. The molecule has 0 saturated carbocycles. The first-order chi connectivity index (χ1) is 9.08. The highest BCUT2D eigenvalue weighted by molar-refractivity contribution is 7.99. The van der Waals surface area contributed by atoms with Crippen LogP contribution in [0.2, 0.25) is 0 Å². The Hall–Kier alpha value is -0.610. The van der Waals surface area contributed by atoms with Gasteiger partial charge in [-0.3, -0.25) is 0 Å². The molecule has 0 fully saturated rings. The van der Waals surface area contributed by atoms with Gasteiger partial charge in [-0.25, -0.2) is 8.78 Å². The zero-order chi connectivity index (χ0) is 14.3. The molecular formula is C15H23F2NS. The summed E-state index contributed by atoms with van der Waals surface area (Å²) in [6.07, 6.45) is 1.65. The molecule has 1 aromatic carbocycles. The number of likely N-dealkylation sites (N-methyl/N-ethyl adjacent to an activating group) is 1. The lowest BCUT2D eigenvalue weighted by Gasteiger charge is -2.20. The van der Waals surface area contributed by atoms with Gasteiger partial charge < -0.3 is 5.32 Å². The van der Waals surface area contributed by atoms with Crippen LogP contribution in [0.3, 0.4) is 0 Å². The van der Waals surface area contributed by atoms with Crippen molar-refractivity contribution in [2.45, 2.75) is 44.9 Å². The van der Waals surface area contributed by atoms with Crippen LogP contribution in [0.15, 0.2) is 18.2 Å². The summed E-state index contributed by atoms with van der Waals surface area (Å²) in [5.74, 6) is -0.556. The standard InChI is InChI=1S/C15H23F2NS/c1-4-11(3)19-10-13(18-5-2)9-12-7-6-8-14(16)15(12)17/h6-8,11,13,18H,4-5,9-10H2,1-3H3. The Kier molecular flexibility index (Phi) is 7.39. The van der Waals surface area contributed by atoms with Crippen LogP contribution in [0.1, 0.15) is 32.8 Å². The molecule has 2 unspecified atom stereocenters. The van der Waals surface area contributed by atoms with Gasteiger partial charge in [-0.15, -0.1) is 0 Å². The van der Waals surface area contributed by atoms with Gasteiger partial charge in [0.1, 0.15) is 0 Å². The number of halogens is 2. The van der Waals surface area contributed by atoms with Crippen molar-refractivity contribution in [3.63, 3.8) is 0 Å². The van der Waals surface area contributed by atoms with E-state index in [9.17, 15) is 8.78 Å². The van der Waals surface area contributed by atoms with E-state index in [4.69, 9.17) is 0 Å². The van der Waals surface area contributed by atoms with Crippen molar-refractivity contribution in [3.8, 4) is 0 Å². The fraction of sp³-hybridized carbons (Fsp3) is 0.600. The summed E-state index contributed by atoms with van der Waals surface area (Å²) < 4.78 is 26.8. The van der Waals surface area contributed by atoms with Crippen LogP contribution in [0.4, 0.5) is 8.78 Å². The first-order valence-electron chi connectivity index (χ1n) is 6.86. The Morgan fingerprint density at radius 1 is 1.26 bits per heavy atom. The molecule has 0 saturated heterocycles. The van der Waals surface area contributed by atoms with Crippen LogP contribution in [0.5, 0.6) is 0 Å². The molecule has 0 amide bonds. The van der Waals surface area contributed by atoms with Crippen LogP contribution < -0.4 is 5.32 Å². The average Bonchev–Trinajstić information content (AvgIpc) is 2.41. The van der Waals surface area contributed by atoms with Crippen molar-refractivity contribution in [1.82, 2.24) is 5.32 Å². The third-order valence-electron chi connectivity index (χ3n) is 3.15. The van der Waals surface area contributed by atoms with Crippen LogP contribution in [-0.4, -0.2) is 23.6 Å². The van der Waals surface area contributed by atoms with Crippen molar-refractivity contribution in [1.29, 1.82) is 0 Å². The number of rotatable bonds is 8. The smallest absolute Gasteiger partial charge is 0.162 e. The van der Waals surface area contributed by atoms with Crippen LogP contribution in [-0.2, 0) is 6.42 Å². The molecule has 1 nitrogen and oxygen atoms in total. The summed E-state index contributed by atoms with van der Waals surface area (Å²) in [6.45, 7) is 7.22. The van der Waals surface area contributed by atoms with Gasteiger partial charge in [0.05, 0.1) is 0 Å². The largest absolute Gasteiger partial charge is 0.313 e. The van der Waals surface area contributed by atoms with Crippen molar-refractivity contribution in [2.75, 3.05) is 12.3 Å². The fourth-order valence-electron chi connectivity index (χ4n) is 1.85. The van der Waals surface area contributed by atoms with Gasteiger partial charge in [0.25, 0.3) is 0 Å². The van der Waals surface area contributed by atoms with E-state index in [0.717, 1.165) is 24.8 Å². The summed E-state index contributed by atoms with van der Waals surface area (Å²) in [7, 11) is 0. The van der Waals surface area contributed by atoms with Gasteiger partial charge in [0, 0.05) is 17.0 Å².